The molecule has 0 spiro atoms. The molecule has 0 saturated heterocycles. The van der Waals surface area contributed by atoms with Crippen LogP contribution in [0.15, 0.2) is 59.0 Å². The van der Waals surface area contributed by atoms with E-state index < -0.39 is 0 Å². The fourth-order valence-electron chi connectivity index (χ4n) is 4.56. The zero-order chi connectivity index (χ0) is 29.6. The van der Waals surface area contributed by atoms with Crippen molar-refractivity contribution in [1.29, 1.82) is 0 Å². The van der Waals surface area contributed by atoms with E-state index in [1.807, 2.05) is 12.1 Å². The van der Waals surface area contributed by atoms with Gasteiger partial charge < -0.3 is 34.6 Å². The van der Waals surface area contributed by atoms with Gasteiger partial charge in [-0.25, -0.2) is 4.98 Å². The van der Waals surface area contributed by atoms with Gasteiger partial charge in [-0.3, -0.25) is 4.79 Å². The van der Waals surface area contributed by atoms with Crippen LogP contribution in [0.3, 0.4) is 0 Å². The number of hydrogen-bond donors (Lipinski definition) is 3. The van der Waals surface area contributed by atoms with E-state index in [0.717, 1.165) is 65.4 Å². The molecule has 0 aliphatic carbocycles. The number of carbonyl (C=O) groups is 1. The largest absolute Gasteiger partial charge is 0.461 e. The number of nitrogens with one attached hydrogen (secondary N) is 3. The number of aryl methyl sites for hydroxylation is 1. The lowest BCUT2D eigenvalue weighted by Gasteiger charge is -2.09. The first kappa shape index (κ1) is 31.4. The monoisotopic (exact) mass is 576 g/mol. The molecule has 1 aliphatic rings. The smallest absolute Gasteiger partial charge is 0.220 e. The van der Waals surface area contributed by atoms with Gasteiger partial charge in [0.25, 0.3) is 0 Å². The van der Waals surface area contributed by atoms with Gasteiger partial charge in [0.15, 0.2) is 0 Å². The van der Waals surface area contributed by atoms with Crippen molar-refractivity contribution in [2.45, 2.75) is 39.7 Å². The van der Waals surface area contributed by atoms with Crippen molar-refractivity contribution in [2.75, 3.05) is 64.6 Å². The number of furan rings is 1. The Kier molecular flexibility index (Phi) is 12.6. The number of aromatic nitrogens is 1. The molecule has 9 heteroatoms. The predicted molar refractivity (Wildman–Crippen MR) is 167 cm³/mol. The van der Waals surface area contributed by atoms with E-state index in [1.54, 1.807) is 0 Å². The van der Waals surface area contributed by atoms with Gasteiger partial charge in [0, 0.05) is 55.7 Å². The fourth-order valence-corrected chi connectivity index (χ4v) is 4.56. The Hall–Kier alpha value is -3.50. The van der Waals surface area contributed by atoms with Gasteiger partial charge in [0.2, 0.25) is 5.91 Å². The van der Waals surface area contributed by atoms with E-state index in [1.165, 1.54) is 11.1 Å². The maximum absolute atomic E-state index is 12.1. The lowest BCUT2D eigenvalue weighted by molar-refractivity contribution is -0.121. The number of carbonyl (C=O) groups excluding carboxylic acids is 1. The van der Waals surface area contributed by atoms with Gasteiger partial charge in [0.1, 0.15) is 17.2 Å². The van der Waals surface area contributed by atoms with E-state index in [0.29, 0.717) is 59.0 Å². The van der Waals surface area contributed by atoms with Gasteiger partial charge in [-0.2, -0.15) is 0 Å². The SMILES string of the molecule is C=C1CNc2nc(CCC(=O)NCCOCCOCCOCCNCc3ccc4cc(C/C(C)=C/C)oc4c3)ccc21. The number of pyridine rings is 1. The molecule has 0 fully saturated rings. The number of fused-ring (bicyclic) bond motifs is 2. The summed E-state index contributed by atoms with van der Waals surface area (Å²) in [5, 5.41) is 10.6. The maximum atomic E-state index is 12.1. The molecule has 2 aromatic heterocycles. The molecule has 3 aromatic rings. The Labute approximate surface area is 248 Å². The number of amides is 1. The summed E-state index contributed by atoms with van der Waals surface area (Å²) in [6.07, 6.45) is 3.95. The van der Waals surface area contributed by atoms with Crippen LogP contribution in [0.2, 0.25) is 0 Å². The average molecular weight is 577 g/mol. The van der Waals surface area contributed by atoms with E-state index in [9.17, 15) is 4.79 Å². The normalized spacial score (nSPS) is 13.0. The summed E-state index contributed by atoms with van der Waals surface area (Å²) >= 11 is 0. The molecule has 9 nitrogen and oxygen atoms in total. The molecular weight excluding hydrogens is 532 g/mol. The van der Waals surface area contributed by atoms with Crippen molar-refractivity contribution in [3.05, 3.63) is 77.2 Å². The zero-order valence-electron chi connectivity index (χ0n) is 24.9. The van der Waals surface area contributed by atoms with Crippen LogP contribution in [0.4, 0.5) is 5.82 Å². The number of benzene rings is 1. The van der Waals surface area contributed by atoms with Crippen LogP contribution < -0.4 is 16.0 Å². The topological polar surface area (TPSA) is 107 Å². The lowest BCUT2D eigenvalue weighted by Crippen LogP contribution is -2.28. The molecule has 0 saturated carbocycles. The van der Waals surface area contributed by atoms with Crippen molar-refractivity contribution in [3.63, 3.8) is 0 Å². The molecule has 1 amide bonds. The standard InChI is InChI=1S/C33H44N4O5/c1-4-24(2)19-29-21-27-6-5-26(20-31(27)42-29)23-34-11-13-39-15-17-41-18-16-40-14-12-35-32(38)10-8-28-7-9-30-25(3)22-36-33(30)37-28/h4-7,9,20-21,34H,3,8,10-19,22-23H2,1-2H3,(H,35,38)(H,36,37)/b24-4+. The molecule has 1 aliphatic heterocycles. The van der Waals surface area contributed by atoms with Crippen LogP contribution in [0.1, 0.15) is 42.8 Å². The van der Waals surface area contributed by atoms with E-state index in [4.69, 9.17) is 18.6 Å². The number of rotatable bonds is 19. The number of allylic oxidation sites excluding steroid dienone is 2. The molecule has 4 rings (SSSR count). The molecule has 0 bridgehead atoms. The first-order chi connectivity index (χ1) is 20.5. The second kappa shape index (κ2) is 16.8. The van der Waals surface area contributed by atoms with Crippen LogP contribution in [-0.4, -0.2) is 70.2 Å². The van der Waals surface area contributed by atoms with Crippen LogP contribution in [0, 0.1) is 0 Å². The Balaban J connectivity index is 0.933. The molecule has 42 heavy (non-hydrogen) atoms. The zero-order valence-corrected chi connectivity index (χ0v) is 24.9. The Morgan fingerprint density at radius 3 is 2.60 bits per heavy atom. The van der Waals surface area contributed by atoms with E-state index >= 15 is 0 Å². The van der Waals surface area contributed by atoms with Crippen molar-refractivity contribution >= 4 is 28.3 Å². The van der Waals surface area contributed by atoms with Crippen LogP contribution in [0.25, 0.3) is 16.5 Å². The van der Waals surface area contributed by atoms with Gasteiger partial charge in [-0.05, 0) is 55.7 Å². The van der Waals surface area contributed by atoms with Crippen molar-refractivity contribution in [3.8, 4) is 0 Å². The number of anilines is 1. The Morgan fingerprint density at radius 1 is 1.05 bits per heavy atom. The highest BCUT2D eigenvalue weighted by molar-refractivity contribution is 5.81. The highest BCUT2D eigenvalue weighted by atomic mass is 16.5. The minimum atomic E-state index is -0.0101. The van der Waals surface area contributed by atoms with Crippen LogP contribution >= 0.6 is 0 Å². The predicted octanol–water partition coefficient (Wildman–Crippen LogP) is 4.66. The summed E-state index contributed by atoms with van der Waals surface area (Å²) in [6, 6.07) is 12.4. The summed E-state index contributed by atoms with van der Waals surface area (Å²) in [5.41, 5.74) is 6.42. The fraction of sp³-hybridized carbons (Fsp3) is 0.455. The summed E-state index contributed by atoms with van der Waals surface area (Å²) < 4.78 is 22.7. The average Bonchev–Trinajstić information content (AvgIpc) is 3.57. The van der Waals surface area contributed by atoms with Gasteiger partial charge in [0.05, 0.1) is 39.6 Å². The molecule has 3 heterocycles. The summed E-state index contributed by atoms with van der Waals surface area (Å²) in [6.45, 7) is 14.0. The molecule has 0 atom stereocenters. The minimum absolute atomic E-state index is 0.0101. The van der Waals surface area contributed by atoms with Crippen molar-refractivity contribution < 1.29 is 23.4 Å². The third-order valence-electron chi connectivity index (χ3n) is 7.06. The molecule has 3 N–H and O–H groups in total. The summed E-state index contributed by atoms with van der Waals surface area (Å²) in [5.74, 6) is 1.85. The Bertz CT molecular complexity index is 1350. The number of hydrogen-bond acceptors (Lipinski definition) is 8. The number of nitrogens with zero attached hydrogens (tertiary/aromatic N) is 1. The number of ether oxygens (including phenoxy) is 3. The first-order valence-electron chi connectivity index (χ1n) is 14.8. The molecular formula is C33H44N4O5. The molecule has 226 valence electrons. The second-order valence-electron chi connectivity index (χ2n) is 10.4. The summed E-state index contributed by atoms with van der Waals surface area (Å²) in [7, 11) is 0. The first-order valence-corrected chi connectivity index (χ1v) is 14.8. The van der Waals surface area contributed by atoms with Gasteiger partial charge >= 0.3 is 0 Å². The molecule has 0 unspecified atom stereocenters. The summed E-state index contributed by atoms with van der Waals surface area (Å²) in [4.78, 5) is 16.7. The highest BCUT2D eigenvalue weighted by Crippen LogP contribution is 2.27. The van der Waals surface area contributed by atoms with E-state index in [2.05, 4.69) is 71.7 Å². The van der Waals surface area contributed by atoms with Gasteiger partial charge in [-0.15, -0.1) is 0 Å². The van der Waals surface area contributed by atoms with Gasteiger partial charge in [-0.1, -0.05) is 30.4 Å². The van der Waals surface area contributed by atoms with E-state index in [-0.39, 0.29) is 5.91 Å². The highest BCUT2D eigenvalue weighted by Gasteiger charge is 2.15. The maximum Gasteiger partial charge on any atom is 0.220 e. The molecule has 0 radical (unpaired) electrons. The molecule has 1 aromatic carbocycles. The minimum Gasteiger partial charge on any atom is -0.461 e. The third-order valence-corrected chi connectivity index (χ3v) is 7.06. The quantitative estimate of drug-likeness (QED) is 0.140. The second-order valence-corrected chi connectivity index (χ2v) is 10.4. The van der Waals surface area contributed by atoms with Crippen LogP contribution in [0.5, 0.6) is 0 Å². The van der Waals surface area contributed by atoms with Crippen molar-refractivity contribution in [1.82, 2.24) is 15.6 Å². The van der Waals surface area contributed by atoms with Crippen molar-refractivity contribution in [2.24, 2.45) is 0 Å². The Morgan fingerprint density at radius 2 is 1.81 bits per heavy atom. The van der Waals surface area contributed by atoms with Crippen LogP contribution in [-0.2, 0) is 38.4 Å². The lowest BCUT2D eigenvalue weighted by atomic mass is 10.1. The third kappa shape index (κ3) is 10.1.